The smallest absolute Gasteiger partial charge is 0.333 e. The highest BCUT2D eigenvalue weighted by molar-refractivity contribution is 6.84. The van der Waals surface area contributed by atoms with Crippen molar-refractivity contribution in [3.05, 3.63) is 122 Å². The Bertz CT molecular complexity index is 3650. The summed E-state index contributed by atoms with van der Waals surface area (Å²) in [6, 6.07) is 19.0. The molecule has 23 atom stereocenters. The molecule has 0 amide bonds. The number of carbonyl (C=O) groups is 2. The molecule has 16 aliphatic rings. The van der Waals surface area contributed by atoms with Crippen LogP contribution >= 0.6 is 0 Å². The molecule has 7 saturated carbocycles. The molecule has 7 aliphatic carbocycles. The SMILES string of the molecule is C/C=C/OCCOCCC.C=C(C)C(=O)OCCC.C=CC(=O)OCCC.C=COCCCCC.C=COCCOCCC.CC1CC2CC1C1C2CC2OC21.CCCC1CC2CC1C1OC21.CCCC1CCC2OC2C1.CCCCCC1CO1.CCCCOCC1CO1.CCCCOc1ccc(C2CO2)cc1.CCCOCC1CO1.CCCOc1ccc(C2CO2)cc1.CCC[Si](C)(C)O[Si](C)(C)CCC1CCC2OC2C1. The van der Waals surface area contributed by atoms with Gasteiger partial charge in [0, 0.05) is 38.1 Å². The minimum absolute atomic E-state index is 0.295. The second-order valence-corrected chi connectivity index (χ2v) is 52.7. The van der Waals surface area contributed by atoms with Gasteiger partial charge in [-0.05, 0) is 282 Å². The Kier molecular flexibility index (Phi) is 72.7. The number of allylic oxidation sites excluding steroid dienone is 1. The topological polar surface area (TPSA) is 258 Å². The molecule has 16 fully saturated rings. The molecule has 4 bridgehead atoms. The van der Waals surface area contributed by atoms with Crippen molar-refractivity contribution < 1.29 is 108 Å². The maximum atomic E-state index is 10.6. The van der Waals surface area contributed by atoms with Gasteiger partial charge in [-0.15, -0.1) is 0 Å². The zero-order valence-electron chi connectivity index (χ0n) is 97.1. The van der Waals surface area contributed by atoms with Gasteiger partial charge in [-0.2, -0.15) is 0 Å². The van der Waals surface area contributed by atoms with Crippen molar-refractivity contribution >= 4 is 28.6 Å². The monoisotopic (exact) mass is 2120 g/mol. The Hall–Kier alpha value is -5.05. The molecule has 148 heavy (non-hydrogen) atoms. The summed E-state index contributed by atoms with van der Waals surface area (Å²) in [5, 5.41) is 0. The number of benzene rings is 2. The predicted molar refractivity (Wildman–Crippen MR) is 605 cm³/mol. The normalized spacial score (nSPS) is 27.7. The number of unbranched alkanes of at least 4 members (excludes halogenated alkanes) is 6. The van der Waals surface area contributed by atoms with Crippen molar-refractivity contribution in [3.8, 4) is 11.5 Å². The summed E-state index contributed by atoms with van der Waals surface area (Å²) < 4.78 is 110. The standard InChI is InChI=1S/C15H32O2Si2.C12H16O2.C11H14O2.C11H16O.C10H16O.C9H16O.C8H16O2.C7H14O2.C7H12O2.C7H14O2.2C7H14O.C6H12O2.C6H10O2/c1-6-10-18(2,3)17-19(4,5)11-9-13-7-8-14-15(12-13)16-14;1-2-3-8-13-11-6-4-10(5-7-11)12-9-14-12;1-2-7-12-10-5-3-9(4-6-10)11-8-13-11;1-5-2-6-3-7(5)10-8(6)4-9-11(10)12-9;1-2-3-6-4-7-5-8(6)10-9(7)11-10;1-2-3-7-4-5-8-9(6-7)10-8;1-3-5-9-7-8-10-6-4-2;1-2-3-4-8-5-7-6-9-7;1-4-5-9-7(8)6(2)3;1-3-5-9-7-6-8-4-2;1-2-3-4-5-7-6-8-7;1-3-5-6-7-8-4-2;1-2-3-7-4-6-5-8-6;1-3-5-8-6(7)4-2/h13-15H,6-12H2,1-5H3;4-7,12H,2-3,8-9H2,1H3;3-6,11H,2,7-8H2,1H3;5-11H,2-4H2,1H3;6-10H,2-5H2,1H3;7-9H,2-6H2,1H3;3,5H,4,6-8H2,1-2H3;7H,2-6H2,1H3;2,4-5H2,1,3H3;4H,2-3,5-7H2,1H3;7H,2-6H2,1H3;4H,2-3,5-7H2,1H3;6H,2-5H2,1H3;4H,2-3,5H2,1H3/b;;;;;;5-3+;;;;;;;. The number of hydrogen-bond acceptors (Lipinski definition) is 23. The highest BCUT2D eigenvalue weighted by Gasteiger charge is 2.66. The van der Waals surface area contributed by atoms with E-state index in [1.54, 1.807) is 19.6 Å². The number of esters is 2. The molecule has 0 radical (unpaired) electrons. The lowest BCUT2D eigenvalue weighted by atomic mass is 9.76. The number of rotatable bonds is 56. The maximum Gasteiger partial charge on any atom is 0.333 e. The first-order valence-electron chi connectivity index (χ1n) is 59.2. The average Bonchev–Trinajstić information content (AvgIpc) is 1.54. The van der Waals surface area contributed by atoms with Crippen molar-refractivity contribution in [2.45, 2.75) is 447 Å². The van der Waals surface area contributed by atoms with Gasteiger partial charge in [-0.3, -0.25) is 0 Å². The van der Waals surface area contributed by atoms with E-state index in [1.165, 1.54) is 196 Å². The van der Waals surface area contributed by atoms with E-state index in [4.69, 9.17) is 94.1 Å². The van der Waals surface area contributed by atoms with Gasteiger partial charge in [0.1, 0.15) is 49.1 Å². The van der Waals surface area contributed by atoms with Crippen molar-refractivity contribution in [1.82, 2.24) is 0 Å². The Balaban J connectivity index is 0.000000282. The van der Waals surface area contributed by atoms with Crippen LogP contribution < -0.4 is 9.47 Å². The minimum Gasteiger partial charge on any atom is -0.502 e. The highest BCUT2D eigenvalue weighted by atomic mass is 28.4. The van der Waals surface area contributed by atoms with E-state index >= 15 is 0 Å². The molecule has 25 heteroatoms. The summed E-state index contributed by atoms with van der Waals surface area (Å²) in [6.45, 7) is 72.7. The molecule has 0 N–H and O–H groups in total. The zero-order valence-corrected chi connectivity index (χ0v) is 99.1. The van der Waals surface area contributed by atoms with E-state index in [-0.39, 0.29) is 11.9 Å². The molecule has 9 aliphatic heterocycles. The summed E-state index contributed by atoms with van der Waals surface area (Å²) in [5.41, 5.74) is 2.97. The molecule has 9 saturated heterocycles. The molecule has 2 aromatic rings. The first kappa shape index (κ1) is 133. The van der Waals surface area contributed by atoms with Crippen molar-refractivity contribution in [3.63, 3.8) is 0 Å². The molecule has 0 spiro atoms. The number of epoxide rings is 9. The number of ether oxygens (including phenoxy) is 20. The van der Waals surface area contributed by atoms with Gasteiger partial charge in [0.2, 0.25) is 0 Å². The third kappa shape index (κ3) is 62.0. The summed E-state index contributed by atoms with van der Waals surface area (Å²) in [5.74, 6) is 11.4. The van der Waals surface area contributed by atoms with E-state index < -0.39 is 16.6 Å². The van der Waals surface area contributed by atoms with Crippen molar-refractivity contribution in [1.29, 1.82) is 0 Å². The zero-order chi connectivity index (χ0) is 108. The molecular formula is C123H216O23Si2. The minimum atomic E-state index is -1.45. The predicted octanol–water partition coefficient (Wildman–Crippen LogP) is 29.4. The fraction of sp³-hybridized carbons (Fsp3) is 0.805. The van der Waals surface area contributed by atoms with Gasteiger partial charge in [0.25, 0.3) is 0 Å². The van der Waals surface area contributed by atoms with Gasteiger partial charge in [0.15, 0.2) is 16.6 Å². The summed E-state index contributed by atoms with van der Waals surface area (Å²) in [6.07, 6.45) is 59.0. The molecular weight excluding hydrogens is 1900 g/mol. The van der Waals surface area contributed by atoms with Crippen LogP contribution in [0.4, 0.5) is 0 Å². The van der Waals surface area contributed by atoms with E-state index in [9.17, 15) is 9.59 Å². The number of carbonyl (C=O) groups excluding carboxylic acids is 2. The van der Waals surface area contributed by atoms with Crippen LogP contribution in [0.1, 0.15) is 352 Å². The van der Waals surface area contributed by atoms with E-state index in [1.807, 2.05) is 51.1 Å². The molecule has 9 heterocycles. The molecule has 18 rings (SSSR count). The molecule has 0 aromatic heterocycles. The fourth-order valence-electron chi connectivity index (χ4n) is 20.6. The lowest BCUT2D eigenvalue weighted by Crippen LogP contribution is -2.44. The van der Waals surface area contributed by atoms with Crippen LogP contribution in [-0.4, -0.2) is 228 Å². The number of hydrogen-bond donors (Lipinski definition) is 0. The van der Waals surface area contributed by atoms with Crippen LogP contribution in [-0.2, 0) is 99.0 Å². The molecule has 23 nitrogen and oxygen atoms in total. The second kappa shape index (κ2) is 80.7. The van der Waals surface area contributed by atoms with E-state index in [0.717, 1.165) is 245 Å². The summed E-state index contributed by atoms with van der Waals surface area (Å²) >= 11 is 0. The van der Waals surface area contributed by atoms with E-state index in [0.29, 0.717) is 100 Å². The summed E-state index contributed by atoms with van der Waals surface area (Å²) in [7, 11) is -2.84. The third-order valence-electron chi connectivity index (χ3n) is 28.9. The van der Waals surface area contributed by atoms with Gasteiger partial charge in [-0.1, -0.05) is 237 Å². The van der Waals surface area contributed by atoms with Gasteiger partial charge in [0.05, 0.1) is 166 Å². The van der Waals surface area contributed by atoms with Crippen molar-refractivity contribution in [2.24, 2.45) is 59.2 Å². The number of fused-ring (bicyclic) bond motifs is 14. The molecule has 854 valence electrons. The van der Waals surface area contributed by atoms with Crippen LogP contribution in [0.3, 0.4) is 0 Å². The second-order valence-electron chi connectivity index (χ2n) is 43.8. The quantitative estimate of drug-likeness (QED) is 0.0149. The summed E-state index contributed by atoms with van der Waals surface area (Å²) in [4.78, 5) is 20.8. The Morgan fingerprint density at radius 1 is 0.392 bits per heavy atom. The first-order chi connectivity index (χ1) is 71.8. The highest BCUT2D eigenvalue weighted by Crippen LogP contribution is 2.66. The van der Waals surface area contributed by atoms with Gasteiger partial charge >= 0.3 is 11.9 Å². The molecule has 23 unspecified atom stereocenters. The fourth-order valence-corrected chi connectivity index (χ4v) is 29.7. The lowest BCUT2D eigenvalue weighted by Gasteiger charge is -2.35. The van der Waals surface area contributed by atoms with Crippen LogP contribution in [0.2, 0.25) is 38.3 Å². The first-order valence-corrected chi connectivity index (χ1v) is 65.5. The Labute approximate surface area is 903 Å². The third-order valence-corrected chi connectivity index (χ3v) is 36.5. The van der Waals surface area contributed by atoms with Gasteiger partial charge in [-0.25, -0.2) is 9.59 Å². The largest absolute Gasteiger partial charge is 0.502 e. The average molecular weight is 2120 g/mol. The van der Waals surface area contributed by atoms with Crippen LogP contribution in [0, 0.1) is 59.2 Å². The maximum absolute atomic E-state index is 10.6. The Morgan fingerprint density at radius 2 is 0.885 bits per heavy atom. The van der Waals surface area contributed by atoms with E-state index in [2.05, 4.69) is 165 Å². The van der Waals surface area contributed by atoms with Crippen LogP contribution in [0.25, 0.3) is 0 Å². The van der Waals surface area contributed by atoms with Crippen LogP contribution in [0.5, 0.6) is 11.5 Å². The lowest BCUT2D eigenvalue weighted by molar-refractivity contribution is -0.139. The molecule has 2 aromatic carbocycles. The van der Waals surface area contributed by atoms with Crippen LogP contribution in [0.15, 0.2) is 111 Å². The Morgan fingerprint density at radius 3 is 1.36 bits per heavy atom. The van der Waals surface area contributed by atoms with Gasteiger partial charge < -0.3 is 98.9 Å². The van der Waals surface area contributed by atoms with Crippen molar-refractivity contribution in [2.75, 3.05) is 132 Å².